The lowest BCUT2D eigenvalue weighted by atomic mass is 10.2. The van der Waals surface area contributed by atoms with Crippen LogP contribution in [0.4, 0.5) is 5.69 Å². The number of nitriles is 1. The molecule has 29 heavy (non-hydrogen) atoms. The topological polar surface area (TPSA) is 135 Å². The van der Waals surface area contributed by atoms with Gasteiger partial charge in [-0.25, -0.2) is 17.9 Å². The Bertz CT molecular complexity index is 1080. The summed E-state index contributed by atoms with van der Waals surface area (Å²) in [6.45, 7) is 1.36. The van der Waals surface area contributed by atoms with Gasteiger partial charge < -0.3 is 14.8 Å². The van der Waals surface area contributed by atoms with Crippen LogP contribution in [0.2, 0.25) is 0 Å². The highest BCUT2D eigenvalue weighted by Crippen LogP contribution is 2.25. The molecular weight excluding hydrogens is 398 g/mol. The number of ether oxygens (including phenoxy) is 2. The number of amides is 1. The average Bonchev–Trinajstić information content (AvgIpc) is 2.73. The maximum atomic E-state index is 12.4. The number of nitrogens with zero attached hydrogens (tertiary/aromatic N) is 1. The lowest BCUT2D eigenvalue weighted by Crippen LogP contribution is -2.30. The summed E-state index contributed by atoms with van der Waals surface area (Å²) in [6.07, 6.45) is -1.19. The Morgan fingerprint density at radius 1 is 1.17 bits per heavy atom. The lowest BCUT2D eigenvalue weighted by molar-refractivity contribution is -0.123. The number of anilines is 1. The van der Waals surface area contributed by atoms with Crippen LogP contribution in [0.15, 0.2) is 47.4 Å². The van der Waals surface area contributed by atoms with E-state index in [1.54, 1.807) is 18.2 Å². The van der Waals surface area contributed by atoms with Gasteiger partial charge in [0.2, 0.25) is 10.0 Å². The van der Waals surface area contributed by atoms with E-state index in [1.165, 1.54) is 39.3 Å². The van der Waals surface area contributed by atoms with E-state index in [0.717, 1.165) is 6.07 Å². The largest absolute Gasteiger partial charge is 0.495 e. The normalized spacial score (nSPS) is 11.8. The van der Waals surface area contributed by atoms with E-state index in [9.17, 15) is 18.0 Å². The smallest absolute Gasteiger partial charge is 0.338 e. The molecule has 0 radical (unpaired) electrons. The van der Waals surface area contributed by atoms with Crippen molar-refractivity contribution < 1.29 is 27.5 Å². The monoisotopic (exact) mass is 417 g/mol. The second kappa shape index (κ2) is 9.18. The maximum absolute atomic E-state index is 12.4. The summed E-state index contributed by atoms with van der Waals surface area (Å²) in [7, 11) is -1.36. The molecule has 0 aliphatic heterocycles. The van der Waals surface area contributed by atoms with Gasteiger partial charge in [0.15, 0.2) is 6.10 Å². The van der Waals surface area contributed by atoms with Gasteiger partial charge in [-0.1, -0.05) is 12.1 Å². The molecule has 0 saturated heterocycles. The zero-order chi connectivity index (χ0) is 21.6. The van der Waals surface area contributed by atoms with E-state index < -0.39 is 28.0 Å². The number of hydrogen-bond donors (Lipinski definition) is 2. The van der Waals surface area contributed by atoms with Crippen molar-refractivity contribution in [2.24, 2.45) is 0 Å². The van der Waals surface area contributed by atoms with Crippen LogP contribution in [0.3, 0.4) is 0 Å². The number of benzene rings is 2. The van der Waals surface area contributed by atoms with Crippen molar-refractivity contribution in [3.8, 4) is 11.8 Å². The molecule has 1 amide bonds. The van der Waals surface area contributed by atoms with Gasteiger partial charge in [0.1, 0.15) is 16.7 Å². The number of para-hydroxylation sites is 1. The summed E-state index contributed by atoms with van der Waals surface area (Å²) in [5.41, 5.74) is 0.475. The SMILES string of the molecule is CNS(=O)(=O)c1cc(C(=O)O[C@@H](C)C(=O)Nc2ccccc2C#N)ccc1OC. The highest BCUT2D eigenvalue weighted by molar-refractivity contribution is 7.89. The van der Waals surface area contributed by atoms with E-state index in [4.69, 9.17) is 14.7 Å². The van der Waals surface area contributed by atoms with Crippen LogP contribution in [0.1, 0.15) is 22.8 Å². The summed E-state index contributed by atoms with van der Waals surface area (Å²) >= 11 is 0. The Kier molecular flexibility index (Phi) is 6.93. The molecule has 2 aromatic carbocycles. The number of carbonyl (C=O) groups is 2. The second-order valence-electron chi connectivity index (χ2n) is 5.77. The molecule has 0 spiro atoms. The number of esters is 1. The molecule has 2 rings (SSSR count). The van der Waals surface area contributed by atoms with Crippen LogP contribution < -0.4 is 14.8 Å². The summed E-state index contributed by atoms with van der Waals surface area (Å²) in [4.78, 5) is 24.4. The van der Waals surface area contributed by atoms with Gasteiger partial charge in [0.05, 0.1) is 23.9 Å². The fourth-order valence-corrected chi connectivity index (χ4v) is 3.25. The molecule has 0 bridgehead atoms. The third-order valence-electron chi connectivity index (χ3n) is 3.92. The number of hydrogen-bond acceptors (Lipinski definition) is 7. The van der Waals surface area contributed by atoms with E-state index in [2.05, 4.69) is 10.0 Å². The maximum Gasteiger partial charge on any atom is 0.338 e. The molecule has 0 fully saturated rings. The molecule has 0 unspecified atom stereocenters. The minimum absolute atomic E-state index is 0.0507. The molecular formula is C19H19N3O6S. The van der Waals surface area contributed by atoms with Gasteiger partial charge in [-0.15, -0.1) is 0 Å². The number of nitrogens with one attached hydrogen (secondary N) is 2. The zero-order valence-electron chi connectivity index (χ0n) is 15.9. The molecule has 2 aromatic rings. The van der Waals surface area contributed by atoms with Gasteiger partial charge in [-0.3, -0.25) is 4.79 Å². The van der Waals surface area contributed by atoms with E-state index in [1.807, 2.05) is 6.07 Å². The Morgan fingerprint density at radius 2 is 1.86 bits per heavy atom. The number of rotatable bonds is 7. The predicted molar refractivity (Wildman–Crippen MR) is 104 cm³/mol. The van der Waals surface area contributed by atoms with Crippen LogP contribution in [0.5, 0.6) is 5.75 Å². The summed E-state index contributed by atoms with van der Waals surface area (Å²) in [5.74, 6) is -1.48. The minimum Gasteiger partial charge on any atom is -0.495 e. The Labute approximate surface area is 168 Å². The zero-order valence-corrected chi connectivity index (χ0v) is 16.7. The highest BCUT2D eigenvalue weighted by atomic mass is 32.2. The first-order valence-corrected chi connectivity index (χ1v) is 9.84. The second-order valence-corrected chi connectivity index (χ2v) is 7.62. The van der Waals surface area contributed by atoms with Crippen molar-refractivity contribution in [3.63, 3.8) is 0 Å². The molecule has 152 valence electrons. The number of carbonyl (C=O) groups excluding carboxylic acids is 2. The number of methoxy groups -OCH3 is 1. The third kappa shape index (κ3) is 5.10. The van der Waals surface area contributed by atoms with Crippen LogP contribution in [0, 0.1) is 11.3 Å². The van der Waals surface area contributed by atoms with Crippen molar-refractivity contribution in [2.45, 2.75) is 17.9 Å². The average molecular weight is 417 g/mol. The van der Waals surface area contributed by atoms with Gasteiger partial charge in [-0.2, -0.15) is 5.26 Å². The van der Waals surface area contributed by atoms with Crippen molar-refractivity contribution in [2.75, 3.05) is 19.5 Å². The first-order chi connectivity index (χ1) is 13.7. The third-order valence-corrected chi connectivity index (χ3v) is 5.35. The van der Waals surface area contributed by atoms with Crippen LogP contribution in [-0.2, 0) is 19.6 Å². The number of sulfonamides is 1. The van der Waals surface area contributed by atoms with E-state index >= 15 is 0 Å². The summed E-state index contributed by atoms with van der Waals surface area (Å²) in [5, 5.41) is 11.6. The molecule has 0 aromatic heterocycles. The van der Waals surface area contributed by atoms with Crippen LogP contribution >= 0.6 is 0 Å². The fourth-order valence-electron chi connectivity index (χ4n) is 2.33. The van der Waals surface area contributed by atoms with E-state index in [0.29, 0.717) is 0 Å². The molecule has 1 atom stereocenters. The molecule has 0 saturated carbocycles. The standard InChI is InChI=1S/C19H19N3O6S/c1-12(18(23)22-15-7-5-4-6-14(15)11-20)28-19(24)13-8-9-16(27-3)17(10-13)29(25,26)21-2/h4-10,12,21H,1-3H3,(H,22,23)/t12-/m0/s1. The van der Waals surface area contributed by atoms with Crippen LogP contribution in [-0.4, -0.2) is 40.6 Å². The van der Waals surface area contributed by atoms with Gasteiger partial charge in [-0.05, 0) is 44.3 Å². The summed E-state index contributed by atoms with van der Waals surface area (Å²) in [6, 6.07) is 12.1. The first-order valence-electron chi connectivity index (χ1n) is 8.36. The van der Waals surface area contributed by atoms with Gasteiger partial charge in [0.25, 0.3) is 5.91 Å². The molecule has 10 heteroatoms. The molecule has 2 N–H and O–H groups in total. The van der Waals surface area contributed by atoms with Crippen molar-refractivity contribution in [1.82, 2.24) is 4.72 Å². The van der Waals surface area contributed by atoms with Gasteiger partial charge in [0, 0.05) is 0 Å². The quantitative estimate of drug-likeness (QED) is 0.654. The molecule has 9 nitrogen and oxygen atoms in total. The Morgan fingerprint density at radius 3 is 2.48 bits per heavy atom. The fraction of sp³-hybridized carbons (Fsp3) is 0.211. The minimum atomic E-state index is -3.88. The molecule has 0 heterocycles. The van der Waals surface area contributed by atoms with Gasteiger partial charge >= 0.3 is 5.97 Å². The molecule has 0 aliphatic carbocycles. The van der Waals surface area contributed by atoms with Crippen molar-refractivity contribution in [1.29, 1.82) is 5.26 Å². The molecule has 0 aliphatic rings. The van der Waals surface area contributed by atoms with Crippen molar-refractivity contribution >= 4 is 27.6 Å². The Hall–Kier alpha value is -3.42. The summed E-state index contributed by atoms with van der Waals surface area (Å²) < 4.78 is 36.5. The first kappa shape index (κ1) is 21.9. The van der Waals surface area contributed by atoms with E-state index in [-0.39, 0.29) is 27.5 Å². The Balaban J connectivity index is 2.18. The lowest BCUT2D eigenvalue weighted by Gasteiger charge is -2.15. The predicted octanol–water partition coefficient (Wildman–Crippen LogP) is 1.66. The highest BCUT2D eigenvalue weighted by Gasteiger charge is 2.23. The van der Waals surface area contributed by atoms with Crippen LogP contribution in [0.25, 0.3) is 0 Å². The van der Waals surface area contributed by atoms with Crippen molar-refractivity contribution in [3.05, 3.63) is 53.6 Å².